The van der Waals surface area contributed by atoms with Crippen LogP contribution in [0.4, 0.5) is 14.5 Å². The molecule has 98 valence electrons. The summed E-state index contributed by atoms with van der Waals surface area (Å²) in [5, 5.41) is 9.08. The molecule has 0 bridgehead atoms. The number of anilines is 1. The van der Waals surface area contributed by atoms with E-state index in [9.17, 15) is 13.6 Å². The van der Waals surface area contributed by atoms with Crippen LogP contribution < -0.4 is 9.64 Å². The molecule has 1 heterocycles. The first-order valence-corrected chi connectivity index (χ1v) is 5.57. The standard InChI is InChI=1S/C12H13F2NO3/c1-18-11-8(5-4-7(13)10(11)14)15-6-2-3-9(15)12(16)17/h4-5,9H,2-3,6H2,1H3,(H,16,17). The number of nitrogens with zero attached hydrogens (tertiary/aromatic N) is 1. The molecule has 4 nitrogen and oxygen atoms in total. The topological polar surface area (TPSA) is 49.8 Å². The van der Waals surface area contributed by atoms with Crippen LogP contribution in [0.3, 0.4) is 0 Å². The summed E-state index contributed by atoms with van der Waals surface area (Å²) in [4.78, 5) is 12.6. The molecule has 1 aliphatic rings. The SMILES string of the molecule is COc1c(N2CCCC2C(=O)O)ccc(F)c1F. The van der Waals surface area contributed by atoms with Crippen LogP contribution in [0.25, 0.3) is 0 Å². The van der Waals surface area contributed by atoms with E-state index in [0.717, 1.165) is 6.07 Å². The third-order valence-corrected chi connectivity index (χ3v) is 3.08. The zero-order valence-electron chi connectivity index (χ0n) is 9.82. The van der Waals surface area contributed by atoms with Crippen LogP contribution in [0, 0.1) is 11.6 Å². The van der Waals surface area contributed by atoms with Crippen LogP contribution in [0.15, 0.2) is 12.1 Å². The fourth-order valence-electron chi connectivity index (χ4n) is 2.25. The maximum atomic E-state index is 13.6. The molecular weight excluding hydrogens is 244 g/mol. The normalized spacial score (nSPS) is 19.1. The molecule has 2 rings (SSSR count). The van der Waals surface area contributed by atoms with Crippen molar-refractivity contribution < 1.29 is 23.4 Å². The molecule has 1 atom stereocenters. The molecule has 1 unspecified atom stereocenters. The van der Waals surface area contributed by atoms with E-state index < -0.39 is 23.6 Å². The first-order valence-electron chi connectivity index (χ1n) is 5.57. The Morgan fingerprint density at radius 1 is 1.50 bits per heavy atom. The summed E-state index contributed by atoms with van der Waals surface area (Å²) in [5.74, 6) is -3.32. The number of carbonyl (C=O) groups is 1. The number of rotatable bonds is 3. The van der Waals surface area contributed by atoms with Gasteiger partial charge in [-0.3, -0.25) is 0 Å². The minimum atomic E-state index is -1.09. The summed E-state index contributed by atoms with van der Waals surface area (Å²) in [5.41, 5.74) is 0.279. The van der Waals surface area contributed by atoms with E-state index in [2.05, 4.69) is 0 Å². The van der Waals surface area contributed by atoms with Crippen molar-refractivity contribution in [2.24, 2.45) is 0 Å². The first-order chi connectivity index (χ1) is 8.56. The number of methoxy groups -OCH3 is 1. The maximum absolute atomic E-state index is 13.6. The third-order valence-electron chi connectivity index (χ3n) is 3.08. The van der Waals surface area contributed by atoms with Gasteiger partial charge in [-0.1, -0.05) is 0 Å². The largest absolute Gasteiger partial charge is 0.491 e. The number of aliphatic carboxylic acids is 1. The molecule has 1 fully saturated rings. The molecule has 18 heavy (non-hydrogen) atoms. The van der Waals surface area contributed by atoms with Crippen LogP contribution in [0.1, 0.15) is 12.8 Å². The van der Waals surface area contributed by atoms with Gasteiger partial charge in [0.15, 0.2) is 11.6 Å². The van der Waals surface area contributed by atoms with Crippen molar-refractivity contribution in [3.63, 3.8) is 0 Å². The van der Waals surface area contributed by atoms with Crippen molar-refractivity contribution in [2.75, 3.05) is 18.6 Å². The van der Waals surface area contributed by atoms with Crippen molar-refractivity contribution >= 4 is 11.7 Å². The zero-order chi connectivity index (χ0) is 13.3. The Morgan fingerprint density at radius 3 is 2.83 bits per heavy atom. The summed E-state index contributed by atoms with van der Waals surface area (Å²) in [7, 11) is 1.23. The van der Waals surface area contributed by atoms with Crippen molar-refractivity contribution in [1.29, 1.82) is 0 Å². The van der Waals surface area contributed by atoms with E-state index in [0.29, 0.717) is 19.4 Å². The highest BCUT2D eigenvalue weighted by molar-refractivity contribution is 5.80. The summed E-state index contributed by atoms with van der Waals surface area (Å²) < 4.78 is 31.5. The lowest BCUT2D eigenvalue weighted by molar-refractivity contribution is -0.138. The van der Waals surface area contributed by atoms with Gasteiger partial charge in [0.05, 0.1) is 12.8 Å². The highest BCUT2D eigenvalue weighted by atomic mass is 19.2. The number of benzene rings is 1. The molecule has 0 aliphatic carbocycles. The molecule has 1 aromatic rings. The molecule has 1 saturated heterocycles. The van der Waals surface area contributed by atoms with E-state index in [-0.39, 0.29) is 11.4 Å². The third kappa shape index (κ3) is 1.98. The van der Waals surface area contributed by atoms with E-state index >= 15 is 0 Å². The van der Waals surface area contributed by atoms with Crippen LogP contribution in [0.5, 0.6) is 5.75 Å². The first kappa shape index (κ1) is 12.6. The molecule has 1 N–H and O–H groups in total. The monoisotopic (exact) mass is 257 g/mol. The van der Waals surface area contributed by atoms with Crippen LogP contribution >= 0.6 is 0 Å². The van der Waals surface area contributed by atoms with E-state index in [1.807, 2.05) is 0 Å². The van der Waals surface area contributed by atoms with Gasteiger partial charge in [0, 0.05) is 6.54 Å². The maximum Gasteiger partial charge on any atom is 0.326 e. The van der Waals surface area contributed by atoms with Gasteiger partial charge in [-0.05, 0) is 25.0 Å². The molecule has 0 radical (unpaired) electrons. The minimum Gasteiger partial charge on any atom is -0.491 e. The number of halogens is 2. The van der Waals surface area contributed by atoms with Gasteiger partial charge in [-0.25, -0.2) is 9.18 Å². The minimum absolute atomic E-state index is 0.247. The van der Waals surface area contributed by atoms with E-state index in [4.69, 9.17) is 9.84 Å². The summed E-state index contributed by atoms with van der Waals surface area (Å²) in [6.07, 6.45) is 1.18. The predicted molar refractivity (Wildman–Crippen MR) is 60.9 cm³/mol. The highest BCUT2D eigenvalue weighted by Crippen LogP contribution is 2.36. The van der Waals surface area contributed by atoms with Gasteiger partial charge >= 0.3 is 5.97 Å². The number of ether oxygens (including phenoxy) is 1. The van der Waals surface area contributed by atoms with Crippen molar-refractivity contribution in [3.8, 4) is 5.75 Å². The second-order valence-electron chi connectivity index (χ2n) is 4.10. The van der Waals surface area contributed by atoms with Crippen LogP contribution in [0.2, 0.25) is 0 Å². The Balaban J connectivity index is 2.44. The van der Waals surface area contributed by atoms with Gasteiger partial charge in [-0.15, -0.1) is 0 Å². The lowest BCUT2D eigenvalue weighted by Crippen LogP contribution is -2.36. The van der Waals surface area contributed by atoms with E-state index in [1.165, 1.54) is 18.1 Å². The fraction of sp³-hybridized carbons (Fsp3) is 0.417. The van der Waals surface area contributed by atoms with Crippen LogP contribution in [-0.4, -0.2) is 30.8 Å². The quantitative estimate of drug-likeness (QED) is 0.900. The fourth-order valence-corrected chi connectivity index (χ4v) is 2.25. The highest BCUT2D eigenvalue weighted by Gasteiger charge is 2.33. The Kier molecular flexibility index (Phi) is 3.36. The molecule has 0 saturated carbocycles. The number of hydrogen-bond donors (Lipinski definition) is 1. The molecule has 0 aromatic heterocycles. The molecular formula is C12H13F2NO3. The number of hydrogen-bond acceptors (Lipinski definition) is 3. The summed E-state index contributed by atoms with van der Waals surface area (Å²) in [6.45, 7) is 0.485. The molecule has 0 spiro atoms. The van der Waals surface area contributed by atoms with Gasteiger partial charge in [0.1, 0.15) is 6.04 Å². The van der Waals surface area contributed by atoms with Gasteiger partial charge in [-0.2, -0.15) is 4.39 Å². The van der Waals surface area contributed by atoms with Gasteiger partial charge < -0.3 is 14.7 Å². The predicted octanol–water partition coefficient (Wildman–Crippen LogP) is 2.03. The second kappa shape index (κ2) is 4.80. The Labute approximate surface area is 103 Å². The lowest BCUT2D eigenvalue weighted by Gasteiger charge is -2.25. The molecule has 6 heteroatoms. The Hall–Kier alpha value is -1.85. The Bertz CT molecular complexity index is 479. The molecule has 1 aromatic carbocycles. The van der Waals surface area contributed by atoms with Crippen LogP contribution in [-0.2, 0) is 4.79 Å². The molecule has 0 amide bonds. The number of carboxylic acids is 1. The second-order valence-corrected chi connectivity index (χ2v) is 4.10. The summed E-state index contributed by atoms with van der Waals surface area (Å²) >= 11 is 0. The van der Waals surface area contributed by atoms with Gasteiger partial charge in [0.25, 0.3) is 0 Å². The average Bonchev–Trinajstić information content (AvgIpc) is 2.81. The average molecular weight is 257 g/mol. The van der Waals surface area contributed by atoms with Crippen molar-refractivity contribution in [3.05, 3.63) is 23.8 Å². The Morgan fingerprint density at radius 2 is 2.22 bits per heavy atom. The molecule has 1 aliphatic heterocycles. The lowest BCUT2D eigenvalue weighted by atomic mass is 10.2. The van der Waals surface area contributed by atoms with Crippen molar-refractivity contribution in [2.45, 2.75) is 18.9 Å². The zero-order valence-corrected chi connectivity index (χ0v) is 9.82. The number of carboxylic acid groups (broad SMARTS) is 1. The van der Waals surface area contributed by atoms with E-state index in [1.54, 1.807) is 0 Å². The summed E-state index contributed by atoms with van der Waals surface area (Å²) in [6, 6.07) is 1.60. The van der Waals surface area contributed by atoms with Gasteiger partial charge in [0.2, 0.25) is 5.82 Å². The smallest absolute Gasteiger partial charge is 0.326 e. The van der Waals surface area contributed by atoms with Crippen molar-refractivity contribution in [1.82, 2.24) is 0 Å².